The van der Waals surface area contributed by atoms with Crippen LogP contribution >= 0.6 is 56.8 Å². The van der Waals surface area contributed by atoms with Crippen LogP contribution in [0.25, 0.3) is 21.8 Å². The summed E-state index contributed by atoms with van der Waals surface area (Å²) in [4.78, 5) is 12.3. The zero-order valence-corrected chi connectivity index (χ0v) is 20.3. The van der Waals surface area contributed by atoms with Crippen molar-refractivity contribution >= 4 is 90.7 Å². The third-order valence-electron chi connectivity index (χ3n) is 4.62. The van der Waals surface area contributed by atoms with Crippen LogP contribution in [0.5, 0.6) is 0 Å². The summed E-state index contributed by atoms with van der Waals surface area (Å²) in [6, 6.07) is 20.1. The normalized spacial score (nSPS) is 11.6. The van der Waals surface area contributed by atoms with Crippen LogP contribution < -0.4 is 5.43 Å². The van der Waals surface area contributed by atoms with Gasteiger partial charge in [-0.1, -0.05) is 23.7 Å². The van der Waals surface area contributed by atoms with E-state index in [0.717, 1.165) is 16.6 Å². The molecule has 1 N–H and O–H groups in total. The van der Waals surface area contributed by atoms with E-state index in [1.165, 1.54) is 17.9 Å². The molecule has 0 aliphatic rings. The van der Waals surface area contributed by atoms with Gasteiger partial charge in [0.2, 0.25) is 5.91 Å². The molecule has 146 valence electrons. The van der Waals surface area contributed by atoms with Crippen LogP contribution in [-0.2, 0) is 11.3 Å². The Labute approximate surface area is 200 Å². The van der Waals surface area contributed by atoms with Crippen LogP contribution in [0.1, 0.15) is 12.0 Å². The highest BCUT2D eigenvalue weighted by atomic mass is 127. The summed E-state index contributed by atoms with van der Waals surface area (Å²) >= 11 is 10.5. The van der Waals surface area contributed by atoms with Gasteiger partial charge in [0.15, 0.2) is 0 Å². The highest BCUT2D eigenvalue weighted by Crippen LogP contribution is 2.31. The molecule has 0 spiro atoms. The summed E-state index contributed by atoms with van der Waals surface area (Å²) in [5, 5.41) is 7.14. The first-order valence-electron chi connectivity index (χ1n) is 8.96. The lowest BCUT2D eigenvalue weighted by molar-refractivity contribution is -0.121. The minimum Gasteiger partial charge on any atom is -0.340 e. The van der Waals surface area contributed by atoms with Gasteiger partial charge in [-0.05, 0) is 99.3 Å². The Morgan fingerprint density at radius 1 is 0.966 bits per heavy atom. The molecule has 0 bridgehead atoms. The van der Waals surface area contributed by atoms with Gasteiger partial charge in [-0.2, -0.15) is 5.10 Å². The number of carbonyl (C=O) groups excluding carboxylic acids is 1. The Hall–Kier alpha value is -1.65. The predicted molar refractivity (Wildman–Crippen MR) is 137 cm³/mol. The minimum atomic E-state index is -0.124. The molecule has 7 heteroatoms. The molecule has 29 heavy (non-hydrogen) atoms. The molecule has 1 aromatic heterocycles. The number of hydrogen-bond donors (Lipinski definition) is 1. The third kappa shape index (κ3) is 4.75. The first kappa shape index (κ1) is 20.6. The van der Waals surface area contributed by atoms with Gasteiger partial charge >= 0.3 is 0 Å². The van der Waals surface area contributed by atoms with Gasteiger partial charge in [-0.15, -0.1) is 0 Å². The van der Waals surface area contributed by atoms with Crippen molar-refractivity contribution in [2.75, 3.05) is 0 Å². The molecule has 0 atom stereocenters. The number of hydrogen-bond acceptors (Lipinski definition) is 2. The van der Waals surface area contributed by atoms with Crippen LogP contribution in [0.3, 0.4) is 0 Å². The molecule has 1 heterocycles. The smallest absolute Gasteiger partial charge is 0.241 e. The van der Waals surface area contributed by atoms with E-state index in [1.54, 1.807) is 18.3 Å². The summed E-state index contributed by atoms with van der Waals surface area (Å²) in [7, 11) is 0. The van der Waals surface area contributed by atoms with Crippen molar-refractivity contribution in [2.45, 2.75) is 13.0 Å². The largest absolute Gasteiger partial charge is 0.340 e. The van der Waals surface area contributed by atoms with Crippen molar-refractivity contribution in [3.63, 3.8) is 0 Å². The van der Waals surface area contributed by atoms with Crippen LogP contribution in [0.15, 0.2) is 65.8 Å². The lowest BCUT2D eigenvalue weighted by Gasteiger charge is -2.07. The van der Waals surface area contributed by atoms with E-state index < -0.39 is 0 Å². The summed E-state index contributed by atoms with van der Waals surface area (Å²) in [6.07, 6.45) is 1.95. The molecule has 0 aliphatic heterocycles. The van der Waals surface area contributed by atoms with Gasteiger partial charge < -0.3 is 4.57 Å². The number of hydrazone groups is 1. The van der Waals surface area contributed by atoms with E-state index in [4.69, 9.17) is 11.6 Å². The quantitative estimate of drug-likeness (QED) is 0.160. The van der Waals surface area contributed by atoms with Crippen LogP contribution in [0.2, 0.25) is 5.02 Å². The fourth-order valence-corrected chi connectivity index (χ4v) is 4.39. The molecule has 0 saturated heterocycles. The number of fused-ring (bicyclic) bond motifs is 3. The Bertz CT molecular complexity index is 1170. The monoisotopic (exact) mass is 627 g/mol. The molecule has 0 radical (unpaired) electrons. The summed E-state index contributed by atoms with van der Waals surface area (Å²) in [6.45, 7) is 0.587. The number of halogens is 3. The molecule has 4 rings (SSSR count). The number of amides is 1. The third-order valence-corrected chi connectivity index (χ3v) is 6.22. The van der Waals surface area contributed by atoms with E-state index >= 15 is 0 Å². The molecule has 1 amide bonds. The van der Waals surface area contributed by atoms with Crippen molar-refractivity contribution in [3.8, 4) is 0 Å². The van der Waals surface area contributed by atoms with E-state index in [2.05, 4.69) is 96.7 Å². The number of nitrogens with one attached hydrogen (secondary N) is 1. The second kappa shape index (κ2) is 9.01. The van der Waals surface area contributed by atoms with Crippen molar-refractivity contribution in [1.82, 2.24) is 9.99 Å². The maximum Gasteiger partial charge on any atom is 0.241 e. The SMILES string of the molecule is O=C(CCn1c2ccc(I)cc2c2cc(I)ccc21)N/N=C\c1ccc(Cl)cc1. The maximum absolute atomic E-state index is 12.3. The first-order chi connectivity index (χ1) is 14.0. The van der Waals surface area contributed by atoms with Gasteiger partial charge in [-0.25, -0.2) is 5.43 Å². The number of carbonyl (C=O) groups is 1. The molecule has 0 fully saturated rings. The average molecular weight is 628 g/mol. The lowest BCUT2D eigenvalue weighted by Crippen LogP contribution is -2.19. The fourth-order valence-electron chi connectivity index (χ4n) is 3.29. The zero-order valence-electron chi connectivity index (χ0n) is 15.2. The van der Waals surface area contributed by atoms with Gasteiger partial charge in [0.1, 0.15) is 0 Å². The van der Waals surface area contributed by atoms with Gasteiger partial charge in [0, 0.05) is 46.9 Å². The van der Waals surface area contributed by atoms with E-state index in [9.17, 15) is 4.79 Å². The Morgan fingerprint density at radius 3 is 2.14 bits per heavy atom. The van der Waals surface area contributed by atoms with E-state index in [1.807, 2.05) is 12.1 Å². The van der Waals surface area contributed by atoms with Crippen molar-refractivity contribution < 1.29 is 4.79 Å². The molecule has 3 aromatic carbocycles. The van der Waals surface area contributed by atoms with Gasteiger partial charge in [0.05, 0.1) is 6.21 Å². The zero-order chi connectivity index (χ0) is 20.4. The van der Waals surface area contributed by atoms with E-state index in [-0.39, 0.29) is 5.91 Å². The second-order valence-corrected chi connectivity index (χ2v) is 9.50. The van der Waals surface area contributed by atoms with Crippen LogP contribution in [0.4, 0.5) is 0 Å². The molecular weight excluding hydrogens is 612 g/mol. The number of rotatable bonds is 5. The average Bonchev–Trinajstić information content (AvgIpc) is 3.00. The molecular formula is C22H16ClI2N3O. The Morgan fingerprint density at radius 2 is 1.55 bits per heavy atom. The van der Waals surface area contributed by atoms with E-state index in [0.29, 0.717) is 18.0 Å². The number of aromatic nitrogens is 1. The van der Waals surface area contributed by atoms with Gasteiger partial charge in [0.25, 0.3) is 0 Å². The first-order valence-corrected chi connectivity index (χ1v) is 11.5. The summed E-state index contributed by atoms with van der Waals surface area (Å²) < 4.78 is 4.60. The lowest BCUT2D eigenvalue weighted by atomic mass is 10.2. The topological polar surface area (TPSA) is 46.4 Å². The van der Waals surface area contributed by atoms with Crippen LogP contribution in [0, 0.1) is 7.14 Å². The Kier molecular flexibility index (Phi) is 6.41. The molecule has 0 unspecified atom stereocenters. The van der Waals surface area contributed by atoms with Crippen molar-refractivity contribution in [1.29, 1.82) is 0 Å². The highest BCUT2D eigenvalue weighted by molar-refractivity contribution is 14.1. The summed E-state index contributed by atoms with van der Waals surface area (Å²) in [5.74, 6) is -0.124. The maximum atomic E-state index is 12.3. The Balaban J connectivity index is 1.51. The number of nitrogens with zero attached hydrogens (tertiary/aromatic N) is 2. The fraction of sp³-hybridized carbons (Fsp3) is 0.0909. The molecule has 0 aliphatic carbocycles. The van der Waals surface area contributed by atoms with Crippen LogP contribution in [-0.4, -0.2) is 16.7 Å². The number of aryl methyl sites for hydroxylation is 1. The molecule has 0 saturated carbocycles. The van der Waals surface area contributed by atoms with Crippen molar-refractivity contribution in [3.05, 3.63) is 78.4 Å². The molecule has 4 nitrogen and oxygen atoms in total. The van der Waals surface area contributed by atoms with Crippen molar-refractivity contribution in [2.24, 2.45) is 5.10 Å². The molecule has 4 aromatic rings. The standard InChI is InChI=1S/C22H16ClI2N3O/c23-15-3-1-14(2-4-15)13-26-27-22(29)9-10-28-20-7-5-16(24)11-18(20)19-12-17(25)6-8-21(19)28/h1-8,11-13H,9-10H2,(H,27,29)/b26-13-. The van der Waals surface area contributed by atoms with Gasteiger partial charge in [-0.3, -0.25) is 4.79 Å². The summed E-state index contributed by atoms with van der Waals surface area (Å²) in [5.41, 5.74) is 5.76. The highest BCUT2D eigenvalue weighted by Gasteiger charge is 2.12. The second-order valence-electron chi connectivity index (χ2n) is 6.57. The minimum absolute atomic E-state index is 0.124. The predicted octanol–water partition coefficient (Wildman–Crippen LogP) is 6.20. The number of benzene rings is 3.